The third-order valence-corrected chi connectivity index (χ3v) is 4.97. The van der Waals surface area contributed by atoms with Crippen molar-refractivity contribution in [3.8, 4) is 0 Å². The number of rotatable bonds is 3. The minimum atomic E-state index is -0.00727. The van der Waals surface area contributed by atoms with Crippen LogP contribution in [0.4, 0.5) is 0 Å². The average Bonchev–Trinajstić information content (AvgIpc) is 2.83. The second-order valence-electron chi connectivity index (χ2n) is 4.89. The van der Waals surface area contributed by atoms with Crippen molar-refractivity contribution in [1.29, 1.82) is 0 Å². The van der Waals surface area contributed by atoms with Crippen LogP contribution in [-0.2, 0) is 6.42 Å². The van der Waals surface area contributed by atoms with Crippen LogP contribution in [0.15, 0.2) is 46.3 Å². The van der Waals surface area contributed by atoms with Gasteiger partial charge in [-0.2, -0.15) is 0 Å². The highest BCUT2D eigenvalue weighted by Crippen LogP contribution is 2.29. The molecule has 0 aliphatic rings. The molecule has 0 aliphatic carbocycles. The maximum Gasteiger partial charge on any atom is 0.0708 e. The summed E-state index contributed by atoms with van der Waals surface area (Å²) in [5.74, 6) is 0. The lowest BCUT2D eigenvalue weighted by atomic mass is 9.98. The molecule has 1 aromatic carbocycles. The van der Waals surface area contributed by atoms with Crippen molar-refractivity contribution in [1.82, 2.24) is 4.98 Å². The standard InChI is InChI=1S/C16H15BrN2S/c1-10-8-13(12-4-2-3-5-15(12)19-10)14(18)9-11-6-7-16(17)20-11/h2-8,14H,9,18H2,1H3. The van der Waals surface area contributed by atoms with Gasteiger partial charge in [-0.25, -0.2) is 0 Å². The number of nitrogens with two attached hydrogens (primary N) is 1. The highest BCUT2D eigenvalue weighted by Gasteiger charge is 2.13. The molecule has 0 fully saturated rings. The van der Waals surface area contributed by atoms with E-state index in [2.05, 4.69) is 45.2 Å². The van der Waals surface area contributed by atoms with Gasteiger partial charge in [-0.05, 0) is 52.7 Å². The molecule has 2 heterocycles. The van der Waals surface area contributed by atoms with Crippen molar-refractivity contribution in [2.45, 2.75) is 19.4 Å². The quantitative estimate of drug-likeness (QED) is 0.751. The van der Waals surface area contributed by atoms with E-state index >= 15 is 0 Å². The molecule has 1 unspecified atom stereocenters. The van der Waals surface area contributed by atoms with Crippen molar-refractivity contribution >= 4 is 38.2 Å². The molecule has 2 nitrogen and oxygen atoms in total. The Balaban J connectivity index is 2.00. The van der Waals surface area contributed by atoms with Gasteiger partial charge in [-0.1, -0.05) is 18.2 Å². The molecular formula is C16H15BrN2S. The number of para-hydroxylation sites is 1. The lowest BCUT2D eigenvalue weighted by Gasteiger charge is -2.14. The number of halogens is 1. The van der Waals surface area contributed by atoms with Crippen LogP contribution >= 0.6 is 27.3 Å². The zero-order chi connectivity index (χ0) is 14.1. The fourth-order valence-electron chi connectivity index (χ4n) is 2.44. The van der Waals surface area contributed by atoms with Crippen molar-refractivity contribution in [2.24, 2.45) is 5.73 Å². The van der Waals surface area contributed by atoms with E-state index in [1.54, 1.807) is 11.3 Å². The van der Waals surface area contributed by atoms with E-state index in [-0.39, 0.29) is 6.04 Å². The Morgan fingerprint density at radius 1 is 1.25 bits per heavy atom. The van der Waals surface area contributed by atoms with Gasteiger partial charge in [-0.15, -0.1) is 11.3 Å². The molecule has 3 aromatic rings. The van der Waals surface area contributed by atoms with Crippen molar-refractivity contribution in [3.63, 3.8) is 0 Å². The second-order valence-corrected chi connectivity index (χ2v) is 7.43. The van der Waals surface area contributed by atoms with Gasteiger partial charge in [0.25, 0.3) is 0 Å². The van der Waals surface area contributed by atoms with E-state index in [0.717, 1.165) is 26.8 Å². The molecule has 0 saturated carbocycles. The van der Waals surface area contributed by atoms with E-state index in [9.17, 15) is 0 Å². The number of pyridine rings is 1. The van der Waals surface area contributed by atoms with Crippen LogP contribution in [0.3, 0.4) is 0 Å². The number of hydrogen-bond donors (Lipinski definition) is 1. The first-order valence-electron chi connectivity index (χ1n) is 6.49. The van der Waals surface area contributed by atoms with Crippen molar-refractivity contribution in [2.75, 3.05) is 0 Å². The zero-order valence-corrected chi connectivity index (χ0v) is 13.5. The molecule has 2 N–H and O–H groups in total. The second kappa shape index (κ2) is 5.64. The Morgan fingerprint density at radius 2 is 2.05 bits per heavy atom. The van der Waals surface area contributed by atoms with E-state index in [1.807, 2.05) is 25.1 Å². The van der Waals surface area contributed by atoms with E-state index in [1.165, 1.54) is 10.4 Å². The minimum Gasteiger partial charge on any atom is -0.324 e. The first kappa shape index (κ1) is 13.7. The van der Waals surface area contributed by atoms with Crippen LogP contribution in [0, 0.1) is 6.92 Å². The van der Waals surface area contributed by atoms with Gasteiger partial charge in [0.1, 0.15) is 0 Å². The van der Waals surface area contributed by atoms with Crippen molar-refractivity contribution < 1.29 is 0 Å². The average molecular weight is 347 g/mol. The van der Waals surface area contributed by atoms with E-state index in [4.69, 9.17) is 5.73 Å². The molecule has 0 saturated heterocycles. The summed E-state index contributed by atoms with van der Waals surface area (Å²) in [5.41, 5.74) is 9.65. The van der Waals surface area contributed by atoms with Gasteiger partial charge in [0.05, 0.1) is 9.30 Å². The van der Waals surface area contributed by atoms with Gasteiger partial charge in [0.15, 0.2) is 0 Å². The largest absolute Gasteiger partial charge is 0.324 e. The summed E-state index contributed by atoms with van der Waals surface area (Å²) >= 11 is 5.24. The fourth-order valence-corrected chi connectivity index (χ4v) is 3.98. The normalized spacial score (nSPS) is 12.8. The molecule has 1 atom stereocenters. The lowest BCUT2D eigenvalue weighted by molar-refractivity contribution is 0.734. The predicted molar refractivity (Wildman–Crippen MR) is 89.1 cm³/mol. The highest BCUT2D eigenvalue weighted by molar-refractivity contribution is 9.11. The monoisotopic (exact) mass is 346 g/mol. The maximum atomic E-state index is 6.43. The lowest BCUT2D eigenvalue weighted by Crippen LogP contribution is -2.13. The molecule has 0 amide bonds. The number of benzene rings is 1. The molecule has 0 bridgehead atoms. The molecule has 0 spiro atoms. The molecular weight excluding hydrogens is 332 g/mol. The summed E-state index contributed by atoms with van der Waals surface area (Å²) in [7, 11) is 0. The molecule has 4 heteroatoms. The summed E-state index contributed by atoms with van der Waals surface area (Å²) in [6.07, 6.45) is 0.851. The van der Waals surface area contributed by atoms with Gasteiger partial charge in [-0.3, -0.25) is 4.98 Å². The Morgan fingerprint density at radius 3 is 2.80 bits per heavy atom. The van der Waals surface area contributed by atoms with Gasteiger partial charge in [0, 0.05) is 28.4 Å². The van der Waals surface area contributed by atoms with E-state index < -0.39 is 0 Å². The fraction of sp³-hybridized carbons (Fsp3) is 0.188. The third-order valence-electron chi connectivity index (χ3n) is 3.33. The molecule has 3 rings (SSSR count). The predicted octanol–water partition coefficient (Wildman–Crippen LogP) is 4.61. The topological polar surface area (TPSA) is 38.9 Å². The Labute approximate surface area is 130 Å². The Bertz CT molecular complexity index is 751. The number of nitrogens with zero attached hydrogens (tertiary/aromatic N) is 1. The summed E-state index contributed by atoms with van der Waals surface area (Å²) in [4.78, 5) is 5.86. The van der Waals surface area contributed by atoms with Crippen LogP contribution in [0.2, 0.25) is 0 Å². The highest BCUT2D eigenvalue weighted by atomic mass is 79.9. The minimum absolute atomic E-state index is 0.00727. The Hall–Kier alpha value is -1.23. The maximum absolute atomic E-state index is 6.43. The van der Waals surface area contributed by atoms with Crippen LogP contribution in [0.1, 0.15) is 22.2 Å². The molecule has 20 heavy (non-hydrogen) atoms. The number of aryl methyl sites for hydroxylation is 1. The molecule has 102 valence electrons. The molecule has 0 aliphatic heterocycles. The Kier molecular flexibility index (Phi) is 3.87. The van der Waals surface area contributed by atoms with Gasteiger partial charge in [0.2, 0.25) is 0 Å². The number of thiophene rings is 1. The van der Waals surface area contributed by atoms with Crippen LogP contribution in [-0.4, -0.2) is 4.98 Å². The smallest absolute Gasteiger partial charge is 0.0708 e. The van der Waals surface area contributed by atoms with E-state index in [0.29, 0.717) is 0 Å². The SMILES string of the molecule is Cc1cc(C(N)Cc2ccc(Br)s2)c2ccccc2n1. The number of fused-ring (bicyclic) bond motifs is 1. The van der Waals surface area contributed by atoms with Crippen LogP contribution < -0.4 is 5.73 Å². The zero-order valence-electron chi connectivity index (χ0n) is 11.1. The molecule has 0 radical (unpaired) electrons. The first-order valence-corrected chi connectivity index (χ1v) is 8.10. The van der Waals surface area contributed by atoms with Crippen LogP contribution in [0.25, 0.3) is 10.9 Å². The number of aromatic nitrogens is 1. The summed E-state index contributed by atoms with van der Waals surface area (Å²) in [6, 6.07) is 14.5. The summed E-state index contributed by atoms with van der Waals surface area (Å²) in [5, 5.41) is 1.15. The third kappa shape index (κ3) is 2.77. The van der Waals surface area contributed by atoms with Crippen molar-refractivity contribution in [3.05, 3.63) is 62.4 Å². The van der Waals surface area contributed by atoms with Gasteiger partial charge >= 0.3 is 0 Å². The number of hydrogen-bond acceptors (Lipinski definition) is 3. The van der Waals surface area contributed by atoms with Crippen LogP contribution in [0.5, 0.6) is 0 Å². The molecule has 2 aromatic heterocycles. The first-order chi connectivity index (χ1) is 9.63. The van der Waals surface area contributed by atoms with Gasteiger partial charge < -0.3 is 5.73 Å². The summed E-state index contributed by atoms with van der Waals surface area (Å²) in [6.45, 7) is 2.02. The summed E-state index contributed by atoms with van der Waals surface area (Å²) < 4.78 is 1.15.